The maximum atomic E-state index is 11.6. The van der Waals surface area contributed by atoms with Gasteiger partial charge in [-0.15, -0.1) is 0 Å². The van der Waals surface area contributed by atoms with E-state index in [-0.39, 0.29) is 5.78 Å². The standard InChI is InChI=1S/C9H7BrI2O/c10-5-4-8(13)9-6(11)2-1-3-7(9)12/h1-3H,4-5H2. The van der Waals surface area contributed by atoms with Crippen LogP contribution in [0.4, 0.5) is 0 Å². The lowest BCUT2D eigenvalue weighted by molar-refractivity contribution is 0.0988. The van der Waals surface area contributed by atoms with E-state index >= 15 is 0 Å². The zero-order valence-electron chi connectivity index (χ0n) is 6.69. The van der Waals surface area contributed by atoms with Gasteiger partial charge in [0.1, 0.15) is 0 Å². The number of hydrogen-bond acceptors (Lipinski definition) is 1. The van der Waals surface area contributed by atoms with E-state index in [1.165, 1.54) is 0 Å². The first kappa shape index (κ1) is 11.9. The van der Waals surface area contributed by atoms with E-state index in [1.54, 1.807) is 0 Å². The molecule has 0 heterocycles. The summed E-state index contributed by atoms with van der Waals surface area (Å²) in [6.45, 7) is 0. The van der Waals surface area contributed by atoms with Crippen LogP contribution in [0, 0.1) is 7.14 Å². The van der Waals surface area contributed by atoms with E-state index in [0.29, 0.717) is 6.42 Å². The molecule has 0 aliphatic rings. The minimum absolute atomic E-state index is 0.214. The van der Waals surface area contributed by atoms with Crippen molar-refractivity contribution < 1.29 is 4.79 Å². The molecule has 0 unspecified atom stereocenters. The van der Waals surface area contributed by atoms with Gasteiger partial charge >= 0.3 is 0 Å². The van der Waals surface area contributed by atoms with Crippen molar-refractivity contribution in [2.24, 2.45) is 0 Å². The van der Waals surface area contributed by atoms with E-state index in [0.717, 1.165) is 18.0 Å². The van der Waals surface area contributed by atoms with Gasteiger partial charge in [-0.05, 0) is 57.3 Å². The van der Waals surface area contributed by atoms with Crippen LogP contribution in [0.15, 0.2) is 18.2 Å². The van der Waals surface area contributed by atoms with Crippen molar-refractivity contribution in [2.45, 2.75) is 6.42 Å². The Morgan fingerprint density at radius 3 is 2.31 bits per heavy atom. The van der Waals surface area contributed by atoms with Gasteiger partial charge < -0.3 is 0 Å². The lowest BCUT2D eigenvalue weighted by Gasteiger charge is -2.04. The predicted octanol–water partition coefficient (Wildman–Crippen LogP) is 3.86. The molecule has 1 nitrogen and oxygen atoms in total. The highest BCUT2D eigenvalue weighted by atomic mass is 127. The summed E-state index contributed by atoms with van der Waals surface area (Å²) in [6.07, 6.45) is 0.565. The minimum Gasteiger partial charge on any atom is -0.294 e. The van der Waals surface area contributed by atoms with E-state index in [2.05, 4.69) is 61.1 Å². The van der Waals surface area contributed by atoms with Crippen LogP contribution in [0.25, 0.3) is 0 Å². The van der Waals surface area contributed by atoms with Gasteiger partial charge in [0.2, 0.25) is 0 Å². The summed E-state index contributed by atoms with van der Waals surface area (Å²) in [5.41, 5.74) is 0.864. The monoisotopic (exact) mass is 464 g/mol. The molecule has 0 radical (unpaired) electrons. The molecule has 0 aliphatic heterocycles. The summed E-state index contributed by atoms with van der Waals surface area (Å²) in [4.78, 5) is 11.6. The van der Waals surface area contributed by atoms with Crippen LogP contribution in [0.3, 0.4) is 0 Å². The predicted molar refractivity (Wildman–Crippen MR) is 74.6 cm³/mol. The van der Waals surface area contributed by atoms with Crippen LogP contribution in [-0.2, 0) is 0 Å². The van der Waals surface area contributed by atoms with Gasteiger partial charge in [0.25, 0.3) is 0 Å². The number of halogens is 3. The van der Waals surface area contributed by atoms with Gasteiger partial charge in [0, 0.05) is 24.5 Å². The molecule has 0 fully saturated rings. The van der Waals surface area contributed by atoms with Crippen LogP contribution in [-0.4, -0.2) is 11.1 Å². The number of carbonyl (C=O) groups is 1. The maximum absolute atomic E-state index is 11.6. The SMILES string of the molecule is O=C(CCBr)c1c(I)cccc1I. The molecule has 0 spiro atoms. The third-order valence-corrected chi connectivity index (χ3v) is 3.76. The average molecular weight is 465 g/mol. The molecule has 0 amide bonds. The van der Waals surface area contributed by atoms with E-state index < -0.39 is 0 Å². The summed E-state index contributed by atoms with van der Waals surface area (Å²) in [5, 5.41) is 0.729. The highest BCUT2D eigenvalue weighted by Gasteiger charge is 2.12. The Morgan fingerprint density at radius 1 is 1.31 bits per heavy atom. The first-order valence-corrected chi connectivity index (χ1v) is 6.98. The Labute approximate surface area is 113 Å². The van der Waals surface area contributed by atoms with Gasteiger partial charge in [-0.3, -0.25) is 4.79 Å². The highest BCUT2D eigenvalue weighted by Crippen LogP contribution is 2.20. The van der Waals surface area contributed by atoms with Crippen molar-refractivity contribution in [1.82, 2.24) is 0 Å². The number of carbonyl (C=O) groups excluding carboxylic acids is 1. The fourth-order valence-electron chi connectivity index (χ4n) is 0.975. The average Bonchev–Trinajstić information content (AvgIpc) is 2.04. The third-order valence-electron chi connectivity index (χ3n) is 1.56. The van der Waals surface area contributed by atoms with Crippen molar-refractivity contribution in [3.05, 3.63) is 30.9 Å². The van der Waals surface area contributed by atoms with Gasteiger partial charge in [-0.25, -0.2) is 0 Å². The molecule has 0 N–H and O–H groups in total. The minimum atomic E-state index is 0.214. The molecule has 1 aromatic rings. The van der Waals surface area contributed by atoms with Gasteiger partial charge in [0.15, 0.2) is 5.78 Å². The molecular weight excluding hydrogens is 458 g/mol. The molecule has 70 valence electrons. The molecule has 13 heavy (non-hydrogen) atoms. The second-order valence-electron chi connectivity index (χ2n) is 2.46. The number of rotatable bonds is 3. The molecule has 0 atom stereocenters. The molecule has 1 rings (SSSR count). The highest BCUT2D eigenvalue weighted by molar-refractivity contribution is 14.1. The van der Waals surface area contributed by atoms with Gasteiger partial charge in [0.05, 0.1) is 0 Å². The van der Waals surface area contributed by atoms with Crippen LogP contribution in [0.2, 0.25) is 0 Å². The summed E-state index contributed by atoms with van der Waals surface area (Å²) >= 11 is 7.67. The summed E-state index contributed by atoms with van der Waals surface area (Å²) in [6, 6.07) is 5.89. The quantitative estimate of drug-likeness (QED) is 0.377. The van der Waals surface area contributed by atoms with Crippen LogP contribution in [0.1, 0.15) is 16.8 Å². The number of ketones is 1. The van der Waals surface area contributed by atoms with Crippen LogP contribution < -0.4 is 0 Å². The fourth-order valence-corrected chi connectivity index (χ4v) is 3.45. The Hall–Kier alpha value is 0.830. The van der Waals surface area contributed by atoms with Crippen molar-refractivity contribution in [3.63, 3.8) is 0 Å². The topological polar surface area (TPSA) is 17.1 Å². The summed E-state index contributed by atoms with van der Waals surface area (Å²) in [7, 11) is 0. The normalized spacial score (nSPS) is 10.1. The van der Waals surface area contributed by atoms with Crippen molar-refractivity contribution in [2.75, 3.05) is 5.33 Å². The Kier molecular flexibility index (Phi) is 5.17. The zero-order valence-corrected chi connectivity index (χ0v) is 12.6. The van der Waals surface area contributed by atoms with Gasteiger partial charge in [-0.2, -0.15) is 0 Å². The summed E-state index contributed by atoms with van der Waals surface area (Å²) < 4.78 is 2.07. The molecule has 4 heteroatoms. The Bertz CT molecular complexity index is 305. The molecule has 0 saturated heterocycles. The summed E-state index contributed by atoms with van der Waals surface area (Å²) in [5.74, 6) is 0.214. The van der Waals surface area contributed by atoms with Crippen molar-refractivity contribution in [3.8, 4) is 0 Å². The molecule has 0 bridgehead atoms. The molecule has 0 aromatic heterocycles. The lowest BCUT2D eigenvalue weighted by Crippen LogP contribution is -2.04. The Morgan fingerprint density at radius 2 is 1.85 bits per heavy atom. The Balaban J connectivity index is 3.05. The molecular formula is C9H7BrI2O. The maximum Gasteiger partial charge on any atom is 0.165 e. The van der Waals surface area contributed by atoms with E-state index in [9.17, 15) is 4.79 Å². The lowest BCUT2D eigenvalue weighted by atomic mass is 10.1. The molecule has 1 aromatic carbocycles. The second kappa shape index (κ2) is 5.65. The van der Waals surface area contributed by atoms with Crippen LogP contribution >= 0.6 is 61.1 Å². The smallest absolute Gasteiger partial charge is 0.165 e. The largest absolute Gasteiger partial charge is 0.294 e. The fraction of sp³-hybridized carbons (Fsp3) is 0.222. The van der Waals surface area contributed by atoms with Gasteiger partial charge in [-0.1, -0.05) is 22.0 Å². The second-order valence-corrected chi connectivity index (χ2v) is 5.58. The number of Topliss-reactive ketones (excluding diaryl/α,β-unsaturated/α-hetero) is 1. The molecule has 0 saturated carbocycles. The third kappa shape index (κ3) is 3.16. The molecule has 0 aliphatic carbocycles. The number of alkyl halides is 1. The van der Waals surface area contributed by atoms with E-state index in [4.69, 9.17) is 0 Å². The zero-order chi connectivity index (χ0) is 9.84. The first-order chi connectivity index (χ1) is 6.16. The van der Waals surface area contributed by atoms with E-state index in [1.807, 2.05) is 18.2 Å². The first-order valence-electron chi connectivity index (χ1n) is 3.70. The number of benzene rings is 1. The van der Waals surface area contributed by atoms with Crippen molar-refractivity contribution >= 4 is 66.9 Å². The van der Waals surface area contributed by atoms with Crippen LogP contribution in [0.5, 0.6) is 0 Å². The number of hydrogen-bond donors (Lipinski definition) is 0. The van der Waals surface area contributed by atoms with Crippen molar-refractivity contribution in [1.29, 1.82) is 0 Å².